The number of aromatic nitrogens is 1. The number of benzene rings is 1. The Morgan fingerprint density at radius 1 is 1.31 bits per heavy atom. The molecular weight excluding hydrogens is 218 g/mol. The summed E-state index contributed by atoms with van der Waals surface area (Å²) in [5.74, 6) is 1.59. The SMILES string of the molecule is CC1CCC(c2c[nH]c3ccc(Cl)cc23)C1. The van der Waals surface area contributed by atoms with E-state index in [1.807, 2.05) is 6.07 Å². The first-order valence-electron chi connectivity index (χ1n) is 6.00. The molecule has 1 heterocycles. The zero-order valence-corrected chi connectivity index (χ0v) is 10.2. The molecule has 0 radical (unpaired) electrons. The van der Waals surface area contributed by atoms with Gasteiger partial charge in [-0.25, -0.2) is 0 Å². The molecule has 0 spiro atoms. The summed E-state index contributed by atoms with van der Waals surface area (Å²) in [7, 11) is 0. The first-order chi connectivity index (χ1) is 7.74. The summed E-state index contributed by atoms with van der Waals surface area (Å²) in [5, 5.41) is 2.14. The molecule has 0 bridgehead atoms. The van der Waals surface area contributed by atoms with Crippen LogP contribution in [0.2, 0.25) is 5.02 Å². The number of halogens is 1. The van der Waals surface area contributed by atoms with Crippen molar-refractivity contribution >= 4 is 22.5 Å². The lowest BCUT2D eigenvalue weighted by molar-refractivity contribution is 0.597. The molecule has 2 unspecified atom stereocenters. The van der Waals surface area contributed by atoms with Crippen LogP contribution in [-0.4, -0.2) is 4.98 Å². The third-order valence-electron chi connectivity index (χ3n) is 3.81. The Bertz CT molecular complexity index is 514. The normalized spacial score (nSPS) is 25.4. The number of hydrogen-bond acceptors (Lipinski definition) is 0. The molecule has 0 saturated heterocycles. The summed E-state index contributed by atoms with van der Waals surface area (Å²) in [5.41, 5.74) is 2.67. The van der Waals surface area contributed by atoms with E-state index in [1.165, 1.54) is 35.7 Å². The Morgan fingerprint density at radius 3 is 2.94 bits per heavy atom. The van der Waals surface area contributed by atoms with Crippen molar-refractivity contribution < 1.29 is 0 Å². The van der Waals surface area contributed by atoms with Gasteiger partial charge in [0.2, 0.25) is 0 Å². The molecule has 1 aliphatic rings. The van der Waals surface area contributed by atoms with Crippen LogP contribution in [0.1, 0.15) is 37.7 Å². The van der Waals surface area contributed by atoms with Crippen LogP contribution in [0.15, 0.2) is 24.4 Å². The van der Waals surface area contributed by atoms with Gasteiger partial charge in [0.05, 0.1) is 0 Å². The van der Waals surface area contributed by atoms with E-state index in [4.69, 9.17) is 11.6 Å². The van der Waals surface area contributed by atoms with E-state index in [0.717, 1.165) is 16.9 Å². The second-order valence-electron chi connectivity index (χ2n) is 5.05. The summed E-state index contributed by atoms with van der Waals surface area (Å²) in [4.78, 5) is 3.35. The van der Waals surface area contributed by atoms with Crippen LogP contribution in [0.5, 0.6) is 0 Å². The quantitative estimate of drug-likeness (QED) is 0.733. The van der Waals surface area contributed by atoms with Crippen molar-refractivity contribution in [2.24, 2.45) is 5.92 Å². The smallest absolute Gasteiger partial charge is 0.0457 e. The van der Waals surface area contributed by atoms with E-state index in [-0.39, 0.29) is 0 Å². The monoisotopic (exact) mass is 233 g/mol. The van der Waals surface area contributed by atoms with Crippen LogP contribution < -0.4 is 0 Å². The lowest BCUT2D eigenvalue weighted by atomic mass is 9.96. The standard InChI is InChI=1S/C14H16ClN/c1-9-2-3-10(6-9)13-8-16-14-5-4-11(15)7-12(13)14/h4-5,7-10,16H,2-3,6H2,1H3. The molecule has 1 aliphatic carbocycles. The molecule has 1 aromatic carbocycles. The van der Waals surface area contributed by atoms with E-state index in [0.29, 0.717) is 0 Å². The second-order valence-corrected chi connectivity index (χ2v) is 5.49. The van der Waals surface area contributed by atoms with Gasteiger partial charge in [0.25, 0.3) is 0 Å². The molecule has 84 valence electrons. The summed E-state index contributed by atoms with van der Waals surface area (Å²) in [6, 6.07) is 6.10. The fourth-order valence-corrected chi connectivity index (χ4v) is 3.11. The zero-order chi connectivity index (χ0) is 11.1. The molecule has 3 rings (SSSR count). The molecule has 16 heavy (non-hydrogen) atoms. The van der Waals surface area contributed by atoms with Gasteiger partial charge in [0.1, 0.15) is 0 Å². The van der Waals surface area contributed by atoms with Crippen molar-refractivity contribution in [1.29, 1.82) is 0 Å². The van der Waals surface area contributed by atoms with E-state index >= 15 is 0 Å². The molecule has 2 heteroatoms. The number of fused-ring (bicyclic) bond motifs is 1. The molecule has 1 nitrogen and oxygen atoms in total. The summed E-state index contributed by atoms with van der Waals surface area (Å²) < 4.78 is 0. The van der Waals surface area contributed by atoms with E-state index in [1.54, 1.807) is 0 Å². The average Bonchev–Trinajstić information content (AvgIpc) is 2.83. The highest BCUT2D eigenvalue weighted by molar-refractivity contribution is 6.31. The minimum atomic E-state index is 0.724. The lowest BCUT2D eigenvalue weighted by Crippen LogP contribution is -1.91. The van der Waals surface area contributed by atoms with Crippen molar-refractivity contribution in [3.05, 3.63) is 35.0 Å². The van der Waals surface area contributed by atoms with Gasteiger partial charge in [0.15, 0.2) is 0 Å². The second kappa shape index (κ2) is 3.81. The van der Waals surface area contributed by atoms with Crippen LogP contribution in [0.3, 0.4) is 0 Å². The molecule has 2 aromatic rings. The highest BCUT2D eigenvalue weighted by atomic mass is 35.5. The molecule has 0 amide bonds. The van der Waals surface area contributed by atoms with Crippen molar-refractivity contribution in [2.45, 2.75) is 32.1 Å². The minimum absolute atomic E-state index is 0.724. The minimum Gasteiger partial charge on any atom is -0.361 e. The Labute approximate surface area is 101 Å². The van der Waals surface area contributed by atoms with Crippen molar-refractivity contribution in [2.75, 3.05) is 0 Å². The summed E-state index contributed by atoms with van der Waals surface area (Å²) >= 11 is 6.07. The average molecular weight is 234 g/mol. The Morgan fingerprint density at radius 2 is 2.19 bits per heavy atom. The Hall–Kier alpha value is -0.950. The first kappa shape index (κ1) is 10.2. The van der Waals surface area contributed by atoms with Crippen molar-refractivity contribution in [1.82, 2.24) is 4.98 Å². The third kappa shape index (κ3) is 1.63. The fraction of sp³-hybridized carbons (Fsp3) is 0.429. The fourth-order valence-electron chi connectivity index (χ4n) is 2.94. The lowest BCUT2D eigenvalue weighted by Gasteiger charge is -2.08. The molecular formula is C14H16ClN. The van der Waals surface area contributed by atoms with Gasteiger partial charge in [-0.1, -0.05) is 24.9 Å². The van der Waals surface area contributed by atoms with E-state index in [2.05, 4.69) is 30.2 Å². The van der Waals surface area contributed by atoms with Crippen LogP contribution in [0.25, 0.3) is 10.9 Å². The topological polar surface area (TPSA) is 15.8 Å². The highest BCUT2D eigenvalue weighted by Gasteiger charge is 2.24. The molecule has 1 aromatic heterocycles. The van der Waals surface area contributed by atoms with Gasteiger partial charge in [-0.2, -0.15) is 0 Å². The predicted molar refractivity (Wildman–Crippen MR) is 69.1 cm³/mol. The maximum Gasteiger partial charge on any atom is 0.0457 e. The number of nitrogens with one attached hydrogen (secondary N) is 1. The maximum atomic E-state index is 6.07. The van der Waals surface area contributed by atoms with E-state index < -0.39 is 0 Å². The predicted octanol–water partition coefficient (Wildman–Crippen LogP) is 4.72. The summed E-state index contributed by atoms with van der Waals surface area (Å²) in [6.07, 6.45) is 6.17. The van der Waals surface area contributed by atoms with Gasteiger partial charge in [0, 0.05) is 22.1 Å². The highest BCUT2D eigenvalue weighted by Crippen LogP contribution is 2.40. The van der Waals surface area contributed by atoms with Gasteiger partial charge in [-0.3, -0.25) is 0 Å². The zero-order valence-electron chi connectivity index (χ0n) is 9.46. The third-order valence-corrected chi connectivity index (χ3v) is 4.05. The van der Waals surface area contributed by atoms with Crippen molar-refractivity contribution in [3.63, 3.8) is 0 Å². The molecule has 1 N–H and O–H groups in total. The Balaban J connectivity index is 2.06. The number of aromatic amines is 1. The van der Waals surface area contributed by atoms with Gasteiger partial charge >= 0.3 is 0 Å². The molecule has 1 saturated carbocycles. The number of H-pyrrole nitrogens is 1. The molecule has 1 fully saturated rings. The van der Waals surface area contributed by atoms with E-state index in [9.17, 15) is 0 Å². The van der Waals surface area contributed by atoms with Gasteiger partial charge in [-0.05, 0) is 48.4 Å². The van der Waals surface area contributed by atoms with Crippen LogP contribution in [-0.2, 0) is 0 Å². The van der Waals surface area contributed by atoms with Crippen LogP contribution >= 0.6 is 11.6 Å². The van der Waals surface area contributed by atoms with Crippen LogP contribution in [0, 0.1) is 5.92 Å². The molecule has 2 atom stereocenters. The van der Waals surface area contributed by atoms with Gasteiger partial charge in [-0.15, -0.1) is 0 Å². The first-order valence-corrected chi connectivity index (χ1v) is 6.38. The largest absolute Gasteiger partial charge is 0.361 e. The Kier molecular flexibility index (Phi) is 2.44. The number of hydrogen-bond donors (Lipinski definition) is 1. The maximum absolute atomic E-state index is 6.07. The summed E-state index contributed by atoms with van der Waals surface area (Å²) in [6.45, 7) is 2.35. The van der Waals surface area contributed by atoms with Gasteiger partial charge < -0.3 is 4.98 Å². The van der Waals surface area contributed by atoms with Crippen molar-refractivity contribution in [3.8, 4) is 0 Å². The van der Waals surface area contributed by atoms with Crippen LogP contribution in [0.4, 0.5) is 0 Å². The molecule has 0 aliphatic heterocycles. The number of rotatable bonds is 1.